The van der Waals surface area contributed by atoms with Gasteiger partial charge in [0.05, 0.1) is 11.1 Å². The normalized spacial score (nSPS) is 11.3. The van der Waals surface area contributed by atoms with E-state index >= 15 is 0 Å². The Bertz CT molecular complexity index is 1070. The molecule has 0 saturated heterocycles. The molecule has 4 aromatic rings. The molecule has 27 heavy (non-hydrogen) atoms. The van der Waals surface area contributed by atoms with Gasteiger partial charge in [-0.3, -0.25) is 4.98 Å². The van der Waals surface area contributed by atoms with Gasteiger partial charge >= 0.3 is 0 Å². The smallest absolute Gasteiger partial charge is 0.162 e. The van der Waals surface area contributed by atoms with Gasteiger partial charge in [-0.2, -0.15) is 0 Å². The summed E-state index contributed by atoms with van der Waals surface area (Å²) >= 11 is 0. The van der Waals surface area contributed by atoms with Crippen LogP contribution >= 0.6 is 0 Å². The minimum Gasteiger partial charge on any atom is -0.253 e. The average molecular weight is 381 g/mol. The van der Waals surface area contributed by atoms with Crippen molar-refractivity contribution in [2.45, 2.75) is 0 Å². The zero-order chi connectivity index (χ0) is 19.3. The van der Waals surface area contributed by atoms with Crippen LogP contribution in [0, 0.1) is 34.9 Å². The molecule has 0 N–H and O–H groups in total. The molecule has 0 atom stereocenters. The van der Waals surface area contributed by atoms with Crippen LogP contribution in [0.3, 0.4) is 0 Å². The lowest BCUT2D eigenvalue weighted by atomic mass is 10.0. The Morgan fingerprint density at radius 1 is 0.630 bits per heavy atom. The third-order valence-corrected chi connectivity index (χ3v) is 3.81. The number of pyridine rings is 1. The number of hydrogen-bond acceptors (Lipinski definition) is 4. The quantitative estimate of drug-likeness (QED) is 0.469. The first-order valence-corrected chi connectivity index (χ1v) is 7.28. The summed E-state index contributed by atoms with van der Waals surface area (Å²) in [7, 11) is 0. The zero-order valence-electron chi connectivity index (χ0n) is 12.9. The molecule has 4 rings (SSSR count). The van der Waals surface area contributed by atoms with Gasteiger partial charge in [0.25, 0.3) is 0 Å². The molecule has 0 unspecified atom stereocenters. The Hall–Kier alpha value is -3.43. The topological polar surface area (TPSA) is 51.8 Å². The van der Waals surface area contributed by atoms with Crippen molar-refractivity contribution in [1.82, 2.24) is 15.3 Å². The first-order chi connectivity index (χ1) is 12.9. The largest absolute Gasteiger partial charge is 0.253 e. The third-order valence-electron chi connectivity index (χ3n) is 3.81. The molecule has 2 aromatic carbocycles. The molecule has 0 aliphatic carbocycles. The van der Waals surface area contributed by atoms with Crippen LogP contribution in [-0.2, 0) is 0 Å². The molecule has 0 fully saturated rings. The second-order valence-corrected chi connectivity index (χ2v) is 5.47. The number of hydrogen-bond donors (Lipinski definition) is 0. The fourth-order valence-electron chi connectivity index (χ4n) is 2.71. The van der Waals surface area contributed by atoms with E-state index in [2.05, 4.69) is 19.9 Å². The summed E-state index contributed by atoms with van der Waals surface area (Å²) in [5.74, 6) is -7.30. The van der Waals surface area contributed by atoms with E-state index in [1.54, 1.807) is 0 Å². The van der Waals surface area contributed by atoms with Crippen LogP contribution < -0.4 is 0 Å². The molecule has 0 amide bonds. The van der Waals surface area contributed by atoms with E-state index in [0.29, 0.717) is 24.3 Å². The fourth-order valence-corrected chi connectivity index (χ4v) is 2.71. The van der Waals surface area contributed by atoms with Crippen molar-refractivity contribution in [2.75, 3.05) is 0 Å². The summed E-state index contributed by atoms with van der Waals surface area (Å²) in [5.41, 5.74) is -2.66. The summed E-state index contributed by atoms with van der Waals surface area (Å²) in [6.07, 6.45) is 0.878. The van der Waals surface area contributed by atoms with Crippen LogP contribution in [0.1, 0.15) is 0 Å². The van der Waals surface area contributed by atoms with Crippen molar-refractivity contribution in [3.63, 3.8) is 0 Å². The van der Waals surface area contributed by atoms with Crippen molar-refractivity contribution >= 4 is 11.0 Å². The lowest BCUT2D eigenvalue weighted by Crippen LogP contribution is -1.99. The van der Waals surface area contributed by atoms with Crippen molar-refractivity contribution < 1.29 is 31.0 Å². The Morgan fingerprint density at radius 3 is 1.67 bits per heavy atom. The molecule has 0 aliphatic rings. The van der Waals surface area contributed by atoms with Crippen LogP contribution in [0.5, 0.6) is 0 Å². The Morgan fingerprint density at radius 2 is 1.11 bits per heavy atom. The molecule has 0 bridgehead atoms. The summed E-state index contributed by atoms with van der Waals surface area (Å²) in [4.78, 5) is 3.79. The molecule has 2 aromatic heterocycles. The molecular formula is C17H5F6N3O. The van der Waals surface area contributed by atoms with E-state index in [9.17, 15) is 26.3 Å². The molecule has 0 spiro atoms. The van der Waals surface area contributed by atoms with E-state index in [-0.39, 0.29) is 16.6 Å². The van der Waals surface area contributed by atoms with E-state index in [1.807, 2.05) is 0 Å². The van der Waals surface area contributed by atoms with Gasteiger partial charge in [-0.15, -0.1) is 0 Å². The number of nitrogens with zero attached hydrogens (tertiary/aromatic N) is 3. The highest BCUT2D eigenvalue weighted by Crippen LogP contribution is 2.36. The molecule has 0 saturated carbocycles. The zero-order valence-corrected chi connectivity index (χ0v) is 12.9. The van der Waals surface area contributed by atoms with Gasteiger partial charge in [0.2, 0.25) is 0 Å². The van der Waals surface area contributed by atoms with Gasteiger partial charge in [-0.1, -0.05) is 0 Å². The van der Waals surface area contributed by atoms with Crippen LogP contribution in [0.2, 0.25) is 0 Å². The highest BCUT2D eigenvalue weighted by atomic mass is 19.2. The lowest BCUT2D eigenvalue weighted by Gasteiger charge is -2.09. The maximum atomic E-state index is 14.1. The van der Waals surface area contributed by atoms with Gasteiger partial charge in [0.15, 0.2) is 5.52 Å². The van der Waals surface area contributed by atoms with E-state index in [0.717, 1.165) is 6.20 Å². The average Bonchev–Trinajstić information content (AvgIpc) is 3.04. The second kappa shape index (κ2) is 6.08. The highest BCUT2D eigenvalue weighted by Gasteiger charge is 2.24. The van der Waals surface area contributed by atoms with E-state index in [4.69, 9.17) is 0 Å². The van der Waals surface area contributed by atoms with E-state index in [1.165, 1.54) is 0 Å². The van der Waals surface area contributed by atoms with E-state index < -0.39 is 51.7 Å². The maximum absolute atomic E-state index is 14.1. The lowest BCUT2D eigenvalue weighted by molar-refractivity contribution is 0.315. The second-order valence-electron chi connectivity index (χ2n) is 5.47. The highest BCUT2D eigenvalue weighted by molar-refractivity contribution is 5.98. The number of fused-ring (bicyclic) bond motifs is 1. The summed E-state index contributed by atoms with van der Waals surface area (Å²) in [5, 5.41) is 6.96. The Labute approximate surface area is 146 Å². The molecule has 0 radical (unpaired) electrons. The molecule has 10 heteroatoms. The number of halogens is 6. The molecular weight excluding hydrogens is 376 g/mol. The molecule has 136 valence electrons. The first-order valence-electron chi connectivity index (χ1n) is 7.28. The number of aromatic nitrogens is 3. The minimum absolute atomic E-state index is 0.270. The van der Waals surface area contributed by atoms with Crippen molar-refractivity contribution in [3.8, 4) is 22.4 Å². The van der Waals surface area contributed by atoms with Gasteiger partial charge in [0, 0.05) is 36.0 Å². The summed E-state index contributed by atoms with van der Waals surface area (Å²) in [6, 6.07) is 1.77. The van der Waals surface area contributed by atoms with Crippen LogP contribution in [-0.4, -0.2) is 15.3 Å². The fraction of sp³-hybridized carbons (Fsp3) is 0. The van der Waals surface area contributed by atoms with Gasteiger partial charge in [-0.05, 0) is 10.3 Å². The SMILES string of the molecule is Fc1cc(F)c(-c2cnc(-c3c(F)cc(F)cc3F)c3nonc23)c(F)c1. The van der Waals surface area contributed by atoms with Gasteiger partial charge in [0.1, 0.15) is 46.1 Å². The minimum atomic E-state index is -1.27. The predicted octanol–water partition coefficient (Wildman–Crippen LogP) is 4.79. The summed E-state index contributed by atoms with van der Waals surface area (Å²) < 4.78 is 87.1. The number of rotatable bonds is 2. The molecule has 0 aliphatic heterocycles. The van der Waals surface area contributed by atoms with Crippen molar-refractivity contribution in [3.05, 3.63) is 65.4 Å². The monoisotopic (exact) mass is 381 g/mol. The number of benzene rings is 2. The van der Waals surface area contributed by atoms with Crippen molar-refractivity contribution in [2.24, 2.45) is 0 Å². The Balaban J connectivity index is 2.01. The predicted molar refractivity (Wildman–Crippen MR) is 80.2 cm³/mol. The molecule has 2 heterocycles. The van der Waals surface area contributed by atoms with Crippen molar-refractivity contribution in [1.29, 1.82) is 0 Å². The van der Waals surface area contributed by atoms with Crippen LogP contribution in [0.15, 0.2) is 35.1 Å². The maximum Gasteiger partial charge on any atom is 0.162 e. The third kappa shape index (κ3) is 2.69. The van der Waals surface area contributed by atoms with Crippen LogP contribution in [0.4, 0.5) is 26.3 Å². The van der Waals surface area contributed by atoms with Gasteiger partial charge < -0.3 is 0 Å². The molecule has 4 nitrogen and oxygen atoms in total. The summed E-state index contributed by atoms with van der Waals surface area (Å²) in [6.45, 7) is 0. The first kappa shape index (κ1) is 17.0. The van der Waals surface area contributed by atoms with Gasteiger partial charge in [-0.25, -0.2) is 31.0 Å². The van der Waals surface area contributed by atoms with Crippen LogP contribution in [0.25, 0.3) is 33.4 Å². The standard InChI is InChI=1S/C17H5F6N3O/c18-6-1-9(20)13(10(21)2-6)8-5-24-16(17-15(8)25-27-26-17)14-11(22)3-7(19)4-12(14)23/h1-5H. The Kier molecular flexibility index (Phi) is 3.83.